The molecule has 0 radical (unpaired) electrons. The fourth-order valence-corrected chi connectivity index (χ4v) is 0.587. The van der Waals surface area contributed by atoms with E-state index >= 15 is 0 Å². The lowest BCUT2D eigenvalue weighted by atomic mass is 10.5. The monoisotopic (exact) mass is 145 g/mol. The molecule has 6 heavy (non-hydrogen) atoms. The molecular formula is C4H4BrN. The summed E-state index contributed by atoms with van der Waals surface area (Å²) >= 11 is 3.30. The van der Waals surface area contributed by atoms with Crippen LogP contribution in [0.2, 0.25) is 0 Å². The Labute approximate surface area is 44.9 Å². The molecule has 0 amide bonds. The molecule has 2 heteroatoms. The molecule has 1 rings (SSSR count). The molecule has 0 fully saturated rings. The summed E-state index contributed by atoms with van der Waals surface area (Å²) in [7, 11) is 0. The van der Waals surface area contributed by atoms with Crippen LogP contribution in [0.5, 0.6) is 0 Å². The summed E-state index contributed by atoms with van der Waals surface area (Å²) in [4.78, 5) is 4.20. The Hall–Kier alpha value is -0.110. The van der Waals surface area contributed by atoms with Crippen molar-refractivity contribution in [2.45, 2.75) is 4.83 Å². The average Bonchev–Trinajstić information content (AvgIpc) is 1.86. The first-order valence-electron chi connectivity index (χ1n) is 1.73. The highest BCUT2D eigenvalue weighted by atomic mass is 79.9. The molecule has 0 spiro atoms. The summed E-state index contributed by atoms with van der Waals surface area (Å²) in [5.74, 6) is 0. The fourth-order valence-electron chi connectivity index (χ4n) is 0.314. The topological polar surface area (TPSA) is 12.4 Å². The third-order valence-electron chi connectivity index (χ3n) is 0.584. The minimum absolute atomic E-state index is 0.387. The Balaban J connectivity index is 2.60. The normalized spacial score (nSPS) is 29.2. The van der Waals surface area contributed by atoms with Crippen molar-refractivity contribution < 1.29 is 0 Å². The van der Waals surface area contributed by atoms with E-state index < -0.39 is 0 Å². The zero-order valence-corrected chi connectivity index (χ0v) is 4.72. The Kier molecular flexibility index (Phi) is 1.05. The number of allylic oxidation sites excluding steroid dienone is 1. The summed E-state index contributed by atoms with van der Waals surface area (Å²) < 4.78 is 0. The van der Waals surface area contributed by atoms with E-state index in [4.69, 9.17) is 0 Å². The maximum absolute atomic E-state index is 3.81. The fraction of sp³-hybridized carbons (Fsp3) is 0.250. The lowest BCUT2D eigenvalue weighted by Crippen LogP contribution is -1.84. The van der Waals surface area contributed by atoms with Crippen LogP contribution in [-0.4, -0.2) is 11.0 Å². The van der Waals surface area contributed by atoms with Crippen LogP contribution in [-0.2, 0) is 0 Å². The predicted molar refractivity (Wildman–Crippen MR) is 30.3 cm³/mol. The van der Waals surface area contributed by atoms with Crippen molar-refractivity contribution >= 4 is 22.1 Å². The quantitative estimate of drug-likeness (QED) is 0.457. The van der Waals surface area contributed by atoms with Crippen LogP contribution in [0.3, 0.4) is 0 Å². The van der Waals surface area contributed by atoms with E-state index in [1.165, 1.54) is 0 Å². The second kappa shape index (κ2) is 1.56. The molecule has 0 aromatic heterocycles. The molecule has 0 saturated carbocycles. The van der Waals surface area contributed by atoms with Crippen LogP contribution in [0.1, 0.15) is 0 Å². The van der Waals surface area contributed by atoms with Crippen LogP contribution in [0.4, 0.5) is 0 Å². The summed E-state index contributed by atoms with van der Waals surface area (Å²) in [5.41, 5.74) is 0. The molecule has 1 nitrogen and oxygen atoms in total. The SMILES string of the molecule is BrC1C=CN=C1. The highest BCUT2D eigenvalue weighted by molar-refractivity contribution is 9.10. The van der Waals surface area contributed by atoms with Crippen molar-refractivity contribution in [3.63, 3.8) is 0 Å². The first-order valence-corrected chi connectivity index (χ1v) is 2.65. The van der Waals surface area contributed by atoms with Gasteiger partial charge in [0.2, 0.25) is 0 Å². The van der Waals surface area contributed by atoms with Crippen LogP contribution >= 0.6 is 15.9 Å². The van der Waals surface area contributed by atoms with Gasteiger partial charge in [-0.3, -0.25) is 4.99 Å². The van der Waals surface area contributed by atoms with Crippen LogP contribution < -0.4 is 0 Å². The standard InChI is InChI=1S/C4H4BrN/c5-4-1-2-6-3-4/h1-4H. The average molecular weight is 146 g/mol. The lowest BCUT2D eigenvalue weighted by molar-refractivity contribution is 1.64. The molecular weight excluding hydrogens is 142 g/mol. The second-order valence-electron chi connectivity index (χ2n) is 1.08. The van der Waals surface area contributed by atoms with Gasteiger partial charge in [-0.1, -0.05) is 15.9 Å². The maximum atomic E-state index is 3.81. The third kappa shape index (κ3) is 0.684. The molecule has 1 unspecified atom stereocenters. The molecule has 0 aliphatic carbocycles. The molecule has 0 aromatic rings. The van der Waals surface area contributed by atoms with Crippen molar-refractivity contribution in [2.75, 3.05) is 0 Å². The summed E-state index contributed by atoms with van der Waals surface area (Å²) in [6.07, 6.45) is 5.58. The van der Waals surface area contributed by atoms with Gasteiger partial charge in [-0.2, -0.15) is 0 Å². The second-order valence-corrected chi connectivity index (χ2v) is 2.14. The van der Waals surface area contributed by atoms with Gasteiger partial charge in [0.05, 0.1) is 4.83 Å². The Morgan fingerprint density at radius 1 is 1.67 bits per heavy atom. The smallest absolute Gasteiger partial charge is 0.0696 e. The highest BCUT2D eigenvalue weighted by Crippen LogP contribution is 2.02. The maximum Gasteiger partial charge on any atom is 0.0696 e. The van der Waals surface area contributed by atoms with Crippen molar-refractivity contribution in [2.24, 2.45) is 4.99 Å². The van der Waals surface area contributed by atoms with Gasteiger partial charge in [0, 0.05) is 12.4 Å². The Bertz CT molecular complexity index is 83.7. The van der Waals surface area contributed by atoms with E-state index in [-0.39, 0.29) is 0 Å². The molecule has 1 heterocycles. The van der Waals surface area contributed by atoms with Gasteiger partial charge in [0.15, 0.2) is 0 Å². The minimum Gasteiger partial charge on any atom is -0.268 e. The number of hydrogen-bond acceptors (Lipinski definition) is 1. The first kappa shape index (κ1) is 4.06. The molecule has 1 atom stereocenters. The largest absolute Gasteiger partial charge is 0.268 e. The van der Waals surface area contributed by atoms with Crippen molar-refractivity contribution in [3.8, 4) is 0 Å². The van der Waals surface area contributed by atoms with E-state index in [9.17, 15) is 0 Å². The summed E-state index contributed by atoms with van der Waals surface area (Å²) in [5, 5.41) is 0. The number of rotatable bonds is 0. The zero-order valence-electron chi connectivity index (χ0n) is 3.13. The Morgan fingerprint density at radius 3 is 2.67 bits per heavy atom. The number of aliphatic imine (C=N–C) groups is 1. The number of halogens is 1. The van der Waals surface area contributed by atoms with Crippen LogP contribution in [0.15, 0.2) is 17.3 Å². The summed E-state index contributed by atoms with van der Waals surface area (Å²) in [6.45, 7) is 0. The van der Waals surface area contributed by atoms with Gasteiger partial charge in [0.1, 0.15) is 0 Å². The van der Waals surface area contributed by atoms with Gasteiger partial charge in [-0.15, -0.1) is 0 Å². The first-order chi connectivity index (χ1) is 2.89. The van der Waals surface area contributed by atoms with Gasteiger partial charge in [-0.05, 0) is 6.08 Å². The van der Waals surface area contributed by atoms with E-state index in [0.29, 0.717) is 4.83 Å². The minimum atomic E-state index is 0.387. The number of nitrogens with zero attached hydrogens (tertiary/aromatic N) is 1. The number of alkyl halides is 1. The van der Waals surface area contributed by atoms with E-state index in [1.807, 2.05) is 12.3 Å². The molecule has 0 N–H and O–H groups in total. The zero-order chi connectivity index (χ0) is 4.41. The highest BCUT2D eigenvalue weighted by Gasteiger charge is 1.93. The van der Waals surface area contributed by atoms with Gasteiger partial charge in [0.25, 0.3) is 0 Å². The molecule has 1 aliphatic heterocycles. The van der Waals surface area contributed by atoms with Crippen molar-refractivity contribution in [1.82, 2.24) is 0 Å². The molecule has 32 valence electrons. The molecule has 1 aliphatic rings. The summed E-state index contributed by atoms with van der Waals surface area (Å²) in [6, 6.07) is 0. The molecule has 0 bridgehead atoms. The third-order valence-corrected chi connectivity index (χ3v) is 1.13. The van der Waals surface area contributed by atoms with Gasteiger partial charge < -0.3 is 0 Å². The van der Waals surface area contributed by atoms with E-state index in [0.717, 1.165) is 0 Å². The Morgan fingerprint density at radius 2 is 2.50 bits per heavy atom. The predicted octanol–water partition coefficient (Wildman–Crippen LogP) is 1.35. The number of hydrogen-bond donors (Lipinski definition) is 0. The van der Waals surface area contributed by atoms with Crippen molar-refractivity contribution in [1.29, 1.82) is 0 Å². The molecule has 0 saturated heterocycles. The molecule has 0 aromatic carbocycles. The van der Waals surface area contributed by atoms with Gasteiger partial charge in [-0.25, -0.2) is 0 Å². The van der Waals surface area contributed by atoms with Crippen LogP contribution in [0, 0.1) is 0 Å². The lowest BCUT2D eigenvalue weighted by Gasteiger charge is -1.78. The van der Waals surface area contributed by atoms with E-state index in [2.05, 4.69) is 20.9 Å². The van der Waals surface area contributed by atoms with Crippen LogP contribution in [0.25, 0.3) is 0 Å². The van der Waals surface area contributed by atoms with Crippen molar-refractivity contribution in [3.05, 3.63) is 12.3 Å². The van der Waals surface area contributed by atoms with Gasteiger partial charge >= 0.3 is 0 Å². The van der Waals surface area contributed by atoms with E-state index in [1.54, 1.807) is 6.20 Å².